The fourth-order valence-corrected chi connectivity index (χ4v) is 8.34. The van der Waals surface area contributed by atoms with Crippen molar-refractivity contribution < 1.29 is 17.9 Å². The van der Waals surface area contributed by atoms with Gasteiger partial charge < -0.3 is 4.74 Å². The molecule has 5 rings (SSSR count). The van der Waals surface area contributed by atoms with Gasteiger partial charge in [0.25, 0.3) is 0 Å². The van der Waals surface area contributed by atoms with E-state index in [1.54, 1.807) is 24.3 Å². The van der Waals surface area contributed by atoms with Crippen LogP contribution in [-0.2, 0) is 0 Å². The number of rotatable bonds is 16. The molecule has 0 radical (unpaired) electrons. The third kappa shape index (κ3) is 9.79. The van der Waals surface area contributed by atoms with Gasteiger partial charge in [-0.2, -0.15) is 4.39 Å². The summed E-state index contributed by atoms with van der Waals surface area (Å²) < 4.78 is 51.0. The zero-order valence-electron chi connectivity index (χ0n) is 29.4. The van der Waals surface area contributed by atoms with Crippen molar-refractivity contribution in [2.45, 2.75) is 129 Å². The molecule has 1 nitrogen and oxygen atoms in total. The molecule has 0 aromatic heterocycles. The first-order chi connectivity index (χ1) is 23.5. The Kier molecular flexibility index (Phi) is 14.1. The Bertz CT molecular complexity index is 1430. The summed E-state index contributed by atoms with van der Waals surface area (Å²) in [5, 5.41) is 0. The molecule has 0 atom stereocenters. The first kappa shape index (κ1) is 36.3. The number of unbranched alkanes of at least 4 members (excludes halogenated alkanes) is 6. The highest BCUT2D eigenvalue weighted by molar-refractivity contribution is 5.71. The van der Waals surface area contributed by atoms with E-state index in [2.05, 4.69) is 26.0 Å². The minimum atomic E-state index is -0.950. The molecular formula is C44H57F3O. The Labute approximate surface area is 288 Å². The maximum absolute atomic E-state index is 15.5. The van der Waals surface area contributed by atoms with Crippen LogP contribution in [0.5, 0.6) is 5.75 Å². The van der Waals surface area contributed by atoms with Crippen LogP contribution in [0, 0.1) is 35.2 Å². The summed E-state index contributed by atoms with van der Waals surface area (Å²) in [6.07, 6.45) is 25.1. The van der Waals surface area contributed by atoms with Gasteiger partial charge in [0.1, 0.15) is 5.82 Å². The van der Waals surface area contributed by atoms with Crippen molar-refractivity contribution in [3.63, 3.8) is 0 Å². The van der Waals surface area contributed by atoms with Gasteiger partial charge in [-0.1, -0.05) is 107 Å². The first-order valence-corrected chi connectivity index (χ1v) is 19.1. The lowest BCUT2D eigenvalue weighted by Gasteiger charge is -2.38. The Morgan fingerprint density at radius 1 is 0.667 bits per heavy atom. The van der Waals surface area contributed by atoms with Crippen molar-refractivity contribution in [2.24, 2.45) is 17.8 Å². The smallest absolute Gasteiger partial charge is 0.201 e. The number of benzene rings is 3. The van der Waals surface area contributed by atoms with E-state index in [4.69, 9.17) is 4.74 Å². The Morgan fingerprint density at radius 3 is 1.96 bits per heavy atom. The molecule has 0 spiro atoms. The number of ether oxygens (including phenoxy) is 1. The zero-order chi connectivity index (χ0) is 33.7. The monoisotopic (exact) mass is 658 g/mol. The second-order valence-electron chi connectivity index (χ2n) is 14.6. The van der Waals surface area contributed by atoms with Crippen molar-refractivity contribution in [2.75, 3.05) is 6.61 Å². The lowest BCUT2D eigenvalue weighted by molar-refractivity contribution is 0.156. The summed E-state index contributed by atoms with van der Waals surface area (Å²) in [7, 11) is 0. The normalized spacial score (nSPS) is 21.5. The molecule has 0 bridgehead atoms. The SMILES string of the molecule is C/C=C/CCC1CCC(C2CCC(c3ccc(-c4ccc(-c5ccc(OCCCCCCCCC)c(F)c5F)cc4)cc3F)CC2)CC1. The predicted octanol–water partition coefficient (Wildman–Crippen LogP) is 14.0. The first-order valence-electron chi connectivity index (χ1n) is 19.1. The third-order valence-electron chi connectivity index (χ3n) is 11.3. The zero-order valence-corrected chi connectivity index (χ0v) is 29.4. The van der Waals surface area contributed by atoms with Crippen molar-refractivity contribution in [1.29, 1.82) is 0 Å². The van der Waals surface area contributed by atoms with Crippen LogP contribution < -0.4 is 4.74 Å². The molecule has 2 saturated carbocycles. The van der Waals surface area contributed by atoms with Crippen molar-refractivity contribution in [3.8, 4) is 28.0 Å². The highest BCUT2D eigenvalue weighted by Gasteiger charge is 2.32. The third-order valence-corrected chi connectivity index (χ3v) is 11.3. The Morgan fingerprint density at radius 2 is 1.29 bits per heavy atom. The van der Waals surface area contributed by atoms with Crippen LogP contribution in [0.1, 0.15) is 134 Å². The lowest BCUT2D eigenvalue weighted by atomic mass is 9.68. The van der Waals surface area contributed by atoms with Crippen LogP contribution in [0.4, 0.5) is 13.2 Å². The number of hydrogen-bond donors (Lipinski definition) is 0. The second kappa shape index (κ2) is 18.7. The molecule has 2 aliphatic rings. The van der Waals surface area contributed by atoms with Crippen LogP contribution in [0.3, 0.4) is 0 Å². The number of halogens is 3. The molecule has 0 N–H and O–H groups in total. The van der Waals surface area contributed by atoms with E-state index >= 15 is 8.78 Å². The van der Waals surface area contributed by atoms with Crippen molar-refractivity contribution in [1.82, 2.24) is 0 Å². The molecule has 0 aliphatic heterocycles. The number of hydrogen-bond acceptors (Lipinski definition) is 1. The lowest BCUT2D eigenvalue weighted by Crippen LogP contribution is -2.25. The Balaban J connectivity index is 1.11. The van der Waals surface area contributed by atoms with E-state index in [1.165, 1.54) is 83.1 Å². The molecule has 2 aliphatic carbocycles. The summed E-state index contributed by atoms with van der Waals surface area (Å²) in [5.41, 5.74) is 3.25. The van der Waals surface area contributed by atoms with E-state index in [-0.39, 0.29) is 23.0 Å². The van der Waals surface area contributed by atoms with E-state index in [0.29, 0.717) is 12.2 Å². The van der Waals surface area contributed by atoms with Gasteiger partial charge in [0.15, 0.2) is 11.6 Å². The standard InChI is InChI=1S/C44H57F3O/c1-3-5-7-8-9-10-12-30-48-42-29-28-40(43(46)44(42)47)37-24-20-35(21-25-37)38-26-27-39(41(45)31-38)36-22-18-34(19-23-36)33-16-14-32(15-17-33)13-11-6-4-2/h4,6,20-21,24-29,31-34,36H,3,5,7-19,22-23,30H2,1-2H3/b6-4+. The average Bonchev–Trinajstić information content (AvgIpc) is 3.12. The molecule has 3 aromatic rings. The van der Waals surface area contributed by atoms with Gasteiger partial charge in [-0.05, 0) is 129 Å². The second-order valence-corrected chi connectivity index (χ2v) is 14.6. The topological polar surface area (TPSA) is 9.23 Å². The molecule has 260 valence electrons. The molecule has 0 heterocycles. The minimum Gasteiger partial charge on any atom is -0.490 e. The Hall–Kier alpha value is -3.01. The fraction of sp³-hybridized carbons (Fsp3) is 0.545. The molecule has 0 amide bonds. The highest BCUT2D eigenvalue weighted by atomic mass is 19.2. The predicted molar refractivity (Wildman–Crippen MR) is 195 cm³/mol. The maximum atomic E-state index is 15.5. The molecule has 3 aromatic carbocycles. The average molecular weight is 659 g/mol. The van der Waals surface area contributed by atoms with E-state index in [0.717, 1.165) is 66.5 Å². The van der Waals surface area contributed by atoms with Crippen LogP contribution in [0.15, 0.2) is 66.7 Å². The van der Waals surface area contributed by atoms with Crippen molar-refractivity contribution in [3.05, 3.63) is 89.8 Å². The number of allylic oxidation sites excluding steroid dienone is 2. The van der Waals surface area contributed by atoms with Crippen LogP contribution in [-0.4, -0.2) is 6.61 Å². The minimum absolute atomic E-state index is 0.0405. The summed E-state index contributed by atoms with van der Waals surface area (Å²) in [4.78, 5) is 0. The van der Waals surface area contributed by atoms with Gasteiger partial charge in [-0.15, -0.1) is 0 Å². The summed E-state index contributed by atoms with van der Waals surface area (Å²) >= 11 is 0. The van der Waals surface area contributed by atoms with Gasteiger partial charge in [0.05, 0.1) is 6.61 Å². The summed E-state index contributed by atoms with van der Waals surface area (Å²) in [6.45, 7) is 4.69. The summed E-state index contributed by atoms with van der Waals surface area (Å²) in [5.74, 6) is 0.813. The van der Waals surface area contributed by atoms with E-state index in [1.807, 2.05) is 24.3 Å². The highest BCUT2D eigenvalue weighted by Crippen LogP contribution is 2.45. The van der Waals surface area contributed by atoms with Crippen LogP contribution in [0.25, 0.3) is 22.3 Å². The fourth-order valence-electron chi connectivity index (χ4n) is 8.34. The molecule has 4 heteroatoms. The van der Waals surface area contributed by atoms with Gasteiger partial charge in [-0.3, -0.25) is 0 Å². The maximum Gasteiger partial charge on any atom is 0.201 e. The van der Waals surface area contributed by atoms with Gasteiger partial charge >= 0.3 is 0 Å². The molecule has 0 unspecified atom stereocenters. The van der Waals surface area contributed by atoms with Gasteiger partial charge in [0, 0.05) is 5.56 Å². The van der Waals surface area contributed by atoms with E-state index in [9.17, 15) is 4.39 Å². The van der Waals surface area contributed by atoms with Gasteiger partial charge in [0.2, 0.25) is 5.82 Å². The van der Waals surface area contributed by atoms with Crippen LogP contribution >= 0.6 is 0 Å². The quantitative estimate of drug-likeness (QED) is 0.110. The van der Waals surface area contributed by atoms with E-state index < -0.39 is 11.6 Å². The summed E-state index contributed by atoms with van der Waals surface area (Å²) in [6, 6.07) is 16.0. The molecule has 48 heavy (non-hydrogen) atoms. The molecule has 2 fully saturated rings. The molecule has 0 saturated heterocycles. The molecular weight excluding hydrogens is 601 g/mol. The van der Waals surface area contributed by atoms with Crippen molar-refractivity contribution >= 4 is 0 Å². The van der Waals surface area contributed by atoms with Crippen LogP contribution in [0.2, 0.25) is 0 Å². The van der Waals surface area contributed by atoms with Gasteiger partial charge in [-0.25, -0.2) is 8.78 Å². The largest absolute Gasteiger partial charge is 0.490 e.